The number of hydrogen-bond donors (Lipinski definition) is 1. The van der Waals surface area contributed by atoms with E-state index in [0.29, 0.717) is 0 Å². The van der Waals surface area contributed by atoms with Crippen LogP contribution in [0.5, 0.6) is 0 Å². The fourth-order valence-electron chi connectivity index (χ4n) is 1.24. The smallest absolute Gasteiger partial charge is 0.0137 e. The van der Waals surface area contributed by atoms with Gasteiger partial charge in [-0.15, -0.1) is 0 Å². The average Bonchev–Trinajstić information content (AvgIpc) is 2.29. The zero-order valence-electron chi connectivity index (χ0n) is 9.32. The fraction of sp³-hybridized carbons (Fsp3) is 0.286. The van der Waals surface area contributed by atoms with Gasteiger partial charge in [-0.05, 0) is 18.5 Å². The van der Waals surface area contributed by atoms with Crippen molar-refractivity contribution in [1.82, 2.24) is 5.32 Å². The molecule has 0 unspecified atom stereocenters. The van der Waals surface area contributed by atoms with Gasteiger partial charge in [0.25, 0.3) is 0 Å². The molecule has 1 N–H and O–H groups in total. The molecule has 0 atom stereocenters. The number of nitrogens with one attached hydrogen (secondary N) is 1. The molecule has 0 bridgehead atoms. The largest absolute Gasteiger partial charge is 0.313 e. The molecular weight excluding hydrogens is 182 g/mol. The molecule has 0 spiro atoms. The summed E-state index contributed by atoms with van der Waals surface area (Å²) in [7, 11) is 0. The van der Waals surface area contributed by atoms with Crippen molar-refractivity contribution in [2.24, 2.45) is 0 Å². The van der Waals surface area contributed by atoms with E-state index in [-0.39, 0.29) is 0 Å². The first-order valence-corrected chi connectivity index (χ1v) is 5.52. The molecular formula is C14H19N. The van der Waals surface area contributed by atoms with Crippen LogP contribution in [-0.4, -0.2) is 13.1 Å². The van der Waals surface area contributed by atoms with Gasteiger partial charge in [0.2, 0.25) is 0 Å². The Morgan fingerprint density at radius 3 is 2.67 bits per heavy atom. The average molecular weight is 201 g/mol. The van der Waals surface area contributed by atoms with Gasteiger partial charge in [0, 0.05) is 6.54 Å². The molecule has 0 radical (unpaired) electrons. The summed E-state index contributed by atoms with van der Waals surface area (Å²) < 4.78 is 0. The Bertz CT molecular complexity index is 298. The van der Waals surface area contributed by atoms with Crippen LogP contribution in [0.1, 0.15) is 18.9 Å². The molecule has 0 saturated heterocycles. The van der Waals surface area contributed by atoms with Gasteiger partial charge in [0.05, 0.1) is 0 Å². The minimum Gasteiger partial charge on any atom is -0.313 e. The number of hydrogen-bond acceptors (Lipinski definition) is 1. The van der Waals surface area contributed by atoms with E-state index in [0.717, 1.165) is 13.1 Å². The van der Waals surface area contributed by atoms with Crippen molar-refractivity contribution in [2.45, 2.75) is 13.3 Å². The predicted octanol–water partition coefficient (Wildman–Crippen LogP) is 3.26. The summed E-state index contributed by atoms with van der Waals surface area (Å²) in [5, 5.41) is 3.31. The first-order valence-electron chi connectivity index (χ1n) is 5.52. The minimum atomic E-state index is 0.951. The van der Waals surface area contributed by atoms with Gasteiger partial charge in [-0.1, -0.05) is 61.6 Å². The Morgan fingerprint density at radius 2 is 1.93 bits per heavy atom. The second kappa shape index (κ2) is 8.01. The van der Waals surface area contributed by atoms with E-state index in [9.17, 15) is 0 Å². The highest BCUT2D eigenvalue weighted by Crippen LogP contribution is 2.00. The van der Waals surface area contributed by atoms with Crippen molar-refractivity contribution < 1.29 is 0 Å². The molecule has 0 aliphatic rings. The summed E-state index contributed by atoms with van der Waals surface area (Å²) in [5.74, 6) is 0. The monoisotopic (exact) mass is 201 g/mol. The van der Waals surface area contributed by atoms with E-state index in [4.69, 9.17) is 0 Å². The molecule has 0 aliphatic carbocycles. The third kappa shape index (κ3) is 5.87. The SMILES string of the molecule is CCCNCC=CC=Cc1ccccc1. The normalized spacial score (nSPS) is 11.5. The van der Waals surface area contributed by atoms with E-state index in [1.54, 1.807) is 0 Å². The van der Waals surface area contributed by atoms with Gasteiger partial charge < -0.3 is 5.32 Å². The molecule has 1 heteroatoms. The lowest BCUT2D eigenvalue weighted by atomic mass is 10.2. The lowest BCUT2D eigenvalue weighted by Crippen LogP contribution is -2.13. The van der Waals surface area contributed by atoms with Crippen molar-refractivity contribution >= 4 is 6.08 Å². The maximum atomic E-state index is 3.31. The summed E-state index contributed by atoms with van der Waals surface area (Å²) >= 11 is 0. The molecule has 0 fully saturated rings. The summed E-state index contributed by atoms with van der Waals surface area (Å²) in [6.07, 6.45) is 9.58. The Balaban J connectivity index is 2.22. The van der Waals surface area contributed by atoms with Crippen LogP contribution >= 0.6 is 0 Å². The molecule has 1 aromatic carbocycles. The van der Waals surface area contributed by atoms with Crippen LogP contribution in [0.4, 0.5) is 0 Å². The molecule has 0 aliphatic heterocycles. The zero-order chi connectivity index (χ0) is 10.8. The summed E-state index contributed by atoms with van der Waals surface area (Å²) in [6, 6.07) is 10.3. The molecule has 15 heavy (non-hydrogen) atoms. The quantitative estimate of drug-likeness (QED) is 0.550. The van der Waals surface area contributed by atoms with E-state index in [2.05, 4.69) is 48.7 Å². The van der Waals surface area contributed by atoms with Gasteiger partial charge in [-0.25, -0.2) is 0 Å². The van der Waals surface area contributed by atoms with E-state index < -0.39 is 0 Å². The fourth-order valence-corrected chi connectivity index (χ4v) is 1.24. The van der Waals surface area contributed by atoms with Crippen LogP contribution in [0, 0.1) is 0 Å². The lowest BCUT2D eigenvalue weighted by Gasteiger charge is -1.94. The van der Waals surface area contributed by atoms with Crippen LogP contribution in [0.2, 0.25) is 0 Å². The van der Waals surface area contributed by atoms with Crippen molar-refractivity contribution in [3.63, 3.8) is 0 Å². The second-order valence-electron chi connectivity index (χ2n) is 3.40. The molecule has 0 amide bonds. The molecule has 80 valence electrons. The third-order valence-electron chi connectivity index (χ3n) is 2.02. The number of allylic oxidation sites excluding steroid dienone is 2. The standard InChI is InChI=1S/C14H19N/c1-2-12-15-13-8-4-7-11-14-9-5-3-6-10-14/h3-11,15H,2,12-13H2,1H3. The van der Waals surface area contributed by atoms with Crippen LogP contribution in [0.25, 0.3) is 6.08 Å². The Labute approximate surface area is 92.5 Å². The Hall–Kier alpha value is -1.34. The van der Waals surface area contributed by atoms with Gasteiger partial charge in [-0.2, -0.15) is 0 Å². The summed E-state index contributed by atoms with van der Waals surface area (Å²) in [5.41, 5.74) is 1.24. The lowest BCUT2D eigenvalue weighted by molar-refractivity contribution is 0.729. The predicted molar refractivity (Wildman–Crippen MR) is 67.8 cm³/mol. The second-order valence-corrected chi connectivity index (χ2v) is 3.40. The molecule has 1 aromatic rings. The highest BCUT2D eigenvalue weighted by atomic mass is 14.8. The van der Waals surface area contributed by atoms with Gasteiger partial charge in [-0.3, -0.25) is 0 Å². The van der Waals surface area contributed by atoms with E-state index in [1.165, 1.54) is 12.0 Å². The van der Waals surface area contributed by atoms with Crippen LogP contribution < -0.4 is 5.32 Å². The Kier molecular flexibility index (Phi) is 6.26. The van der Waals surface area contributed by atoms with Crippen LogP contribution in [-0.2, 0) is 0 Å². The van der Waals surface area contributed by atoms with Crippen molar-refractivity contribution in [3.05, 3.63) is 54.1 Å². The zero-order valence-corrected chi connectivity index (χ0v) is 9.32. The first-order chi connectivity index (χ1) is 7.43. The topological polar surface area (TPSA) is 12.0 Å². The number of benzene rings is 1. The third-order valence-corrected chi connectivity index (χ3v) is 2.02. The summed E-state index contributed by atoms with van der Waals surface area (Å²) in [4.78, 5) is 0. The maximum absolute atomic E-state index is 3.31. The number of rotatable bonds is 6. The highest BCUT2D eigenvalue weighted by molar-refractivity contribution is 5.50. The highest BCUT2D eigenvalue weighted by Gasteiger charge is 1.80. The van der Waals surface area contributed by atoms with Crippen molar-refractivity contribution in [3.8, 4) is 0 Å². The molecule has 1 rings (SSSR count). The first kappa shape index (κ1) is 11.7. The van der Waals surface area contributed by atoms with Gasteiger partial charge in [0.15, 0.2) is 0 Å². The van der Waals surface area contributed by atoms with E-state index in [1.807, 2.05) is 18.2 Å². The van der Waals surface area contributed by atoms with Crippen LogP contribution in [0.15, 0.2) is 48.6 Å². The van der Waals surface area contributed by atoms with E-state index >= 15 is 0 Å². The van der Waals surface area contributed by atoms with Crippen molar-refractivity contribution in [1.29, 1.82) is 0 Å². The molecule has 0 aromatic heterocycles. The van der Waals surface area contributed by atoms with Gasteiger partial charge >= 0.3 is 0 Å². The molecule has 0 saturated carbocycles. The molecule has 1 nitrogen and oxygen atoms in total. The van der Waals surface area contributed by atoms with Crippen LogP contribution in [0.3, 0.4) is 0 Å². The molecule has 0 heterocycles. The van der Waals surface area contributed by atoms with Gasteiger partial charge in [0.1, 0.15) is 0 Å². The maximum Gasteiger partial charge on any atom is 0.0137 e. The Morgan fingerprint density at radius 1 is 1.13 bits per heavy atom. The summed E-state index contributed by atoms with van der Waals surface area (Å²) in [6.45, 7) is 4.21. The minimum absolute atomic E-state index is 0.951. The van der Waals surface area contributed by atoms with Crippen molar-refractivity contribution in [2.75, 3.05) is 13.1 Å².